The molecule has 0 aromatic heterocycles. The number of ether oxygens (including phenoxy) is 1. The third-order valence-corrected chi connectivity index (χ3v) is 2.40. The van der Waals surface area contributed by atoms with Crippen LogP contribution in [0.25, 0.3) is 0 Å². The lowest BCUT2D eigenvalue weighted by Gasteiger charge is -2.04. The summed E-state index contributed by atoms with van der Waals surface area (Å²) in [6.45, 7) is 0.757. The molecule has 1 aromatic rings. The molecule has 1 aliphatic rings. The topological polar surface area (TPSA) is 9.23 Å². The molecule has 1 nitrogen and oxygen atoms in total. The summed E-state index contributed by atoms with van der Waals surface area (Å²) in [6.07, 6.45) is 2.15. The Bertz CT molecular complexity index is 306. The van der Waals surface area contributed by atoms with Gasteiger partial charge in [-0.05, 0) is 30.6 Å². The second-order valence-electron chi connectivity index (χ2n) is 2.90. The van der Waals surface area contributed by atoms with E-state index in [-0.39, 0.29) is 0 Å². The van der Waals surface area contributed by atoms with Crippen molar-refractivity contribution in [1.29, 1.82) is 0 Å². The second kappa shape index (κ2) is 3.23. The Balaban J connectivity index is 2.46. The smallest absolute Gasteiger partial charge is 0.191 e. The predicted octanol–water partition coefficient (Wildman–Crippen LogP) is 2.32. The summed E-state index contributed by atoms with van der Waals surface area (Å²) in [5, 5.41) is 0.656. The lowest BCUT2D eigenvalue weighted by Crippen LogP contribution is -2.02. The highest BCUT2D eigenvalue weighted by Crippen LogP contribution is 2.16. The van der Waals surface area contributed by atoms with Gasteiger partial charge < -0.3 is 4.74 Å². The van der Waals surface area contributed by atoms with E-state index in [1.165, 1.54) is 5.56 Å². The Labute approximate surface area is 77.4 Å². The van der Waals surface area contributed by atoms with Crippen molar-refractivity contribution < 1.29 is 4.74 Å². The maximum absolute atomic E-state index is 5.36. The number of aryl methyl sites for hydroxylation is 1. The zero-order valence-electron chi connectivity index (χ0n) is 6.75. The van der Waals surface area contributed by atoms with Gasteiger partial charge in [-0.1, -0.05) is 24.3 Å². The lowest BCUT2D eigenvalue weighted by atomic mass is 10.0. The van der Waals surface area contributed by atoms with Gasteiger partial charge in [0.2, 0.25) is 0 Å². The van der Waals surface area contributed by atoms with Crippen molar-refractivity contribution in [3.8, 4) is 0 Å². The number of hydrogen-bond acceptors (Lipinski definition) is 2. The van der Waals surface area contributed by atoms with Gasteiger partial charge in [0.15, 0.2) is 5.05 Å². The molecule has 0 unspecified atom stereocenters. The van der Waals surface area contributed by atoms with E-state index in [4.69, 9.17) is 17.0 Å². The maximum Gasteiger partial charge on any atom is 0.191 e. The quantitative estimate of drug-likeness (QED) is 0.564. The van der Waals surface area contributed by atoms with Gasteiger partial charge in [-0.25, -0.2) is 0 Å². The highest BCUT2D eigenvalue weighted by atomic mass is 32.1. The molecule has 0 fully saturated rings. The number of fused-ring (bicyclic) bond motifs is 1. The normalized spacial score (nSPS) is 16.2. The van der Waals surface area contributed by atoms with Crippen LogP contribution in [0.15, 0.2) is 24.3 Å². The Kier molecular flexibility index (Phi) is 2.09. The van der Waals surface area contributed by atoms with Crippen LogP contribution in [0.1, 0.15) is 17.5 Å². The first-order valence-electron chi connectivity index (χ1n) is 4.13. The van der Waals surface area contributed by atoms with Crippen LogP contribution in [-0.2, 0) is 11.2 Å². The standard InChI is InChI=1S/C10H10OS/c12-10-9-6-2-1-4-8(9)5-3-7-11-10/h1-2,4,6H,3,5,7H2. The molecule has 0 radical (unpaired) electrons. The number of thiocarbonyl (C=S) groups is 1. The molecule has 0 bridgehead atoms. The molecule has 0 N–H and O–H groups in total. The molecule has 0 amide bonds. The van der Waals surface area contributed by atoms with Gasteiger partial charge in [-0.2, -0.15) is 0 Å². The predicted molar refractivity (Wildman–Crippen MR) is 52.4 cm³/mol. The molecule has 2 heteroatoms. The number of hydrogen-bond donors (Lipinski definition) is 0. The van der Waals surface area contributed by atoms with E-state index in [2.05, 4.69) is 6.07 Å². The summed E-state index contributed by atoms with van der Waals surface area (Å²) in [5.74, 6) is 0. The zero-order chi connectivity index (χ0) is 8.39. The Morgan fingerprint density at radius 2 is 2.08 bits per heavy atom. The summed E-state index contributed by atoms with van der Waals surface area (Å²) in [7, 11) is 0. The van der Waals surface area contributed by atoms with Gasteiger partial charge in [-0.15, -0.1) is 0 Å². The van der Waals surface area contributed by atoms with Crippen molar-refractivity contribution in [2.45, 2.75) is 12.8 Å². The molecular formula is C10H10OS. The Hall–Kier alpha value is -0.890. The first-order chi connectivity index (χ1) is 5.88. The van der Waals surface area contributed by atoms with Crippen LogP contribution in [0.4, 0.5) is 0 Å². The maximum atomic E-state index is 5.36. The molecule has 62 valence electrons. The van der Waals surface area contributed by atoms with Gasteiger partial charge in [0.05, 0.1) is 6.61 Å². The van der Waals surface area contributed by atoms with Crippen molar-refractivity contribution in [3.05, 3.63) is 35.4 Å². The first kappa shape index (κ1) is 7.74. The summed E-state index contributed by atoms with van der Waals surface area (Å²) in [4.78, 5) is 0. The summed E-state index contributed by atoms with van der Waals surface area (Å²) >= 11 is 5.12. The second-order valence-corrected chi connectivity index (χ2v) is 3.27. The molecular weight excluding hydrogens is 168 g/mol. The summed E-state index contributed by atoms with van der Waals surface area (Å²) in [5.41, 5.74) is 2.42. The SMILES string of the molecule is S=C1OCCCc2ccccc21. The van der Waals surface area contributed by atoms with E-state index in [0.717, 1.165) is 25.0 Å². The van der Waals surface area contributed by atoms with E-state index in [9.17, 15) is 0 Å². The van der Waals surface area contributed by atoms with E-state index in [0.29, 0.717) is 5.05 Å². The van der Waals surface area contributed by atoms with Crippen LogP contribution < -0.4 is 0 Å². The minimum atomic E-state index is 0.656. The molecule has 0 atom stereocenters. The van der Waals surface area contributed by atoms with Gasteiger partial charge in [0.1, 0.15) is 0 Å². The summed E-state index contributed by atoms with van der Waals surface area (Å²) in [6, 6.07) is 8.20. The van der Waals surface area contributed by atoms with Crippen molar-refractivity contribution >= 4 is 17.3 Å². The number of benzene rings is 1. The largest absolute Gasteiger partial charge is 0.483 e. The van der Waals surface area contributed by atoms with Crippen LogP contribution in [0, 0.1) is 0 Å². The van der Waals surface area contributed by atoms with Crippen molar-refractivity contribution in [1.82, 2.24) is 0 Å². The van der Waals surface area contributed by atoms with Gasteiger partial charge in [0, 0.05) is 5.56 Å². The Morgan fingerprint density at radius 1 is 1.25 bits per heavy atom. The molecule has 1 aromatic carbocycles. The van der Waals surface area contributed by atoms with E-state index >= 15 is 0 Å². The fourth-order valence-corrected chi connectivity index (χ4v) is 1.73. The highest BCUT2D eigenvalue weighted by molar-refractivity contribution is 7.80. The number of rotatable bonds is 0. The third kappa shape index (κ3) is 1.34. The molecule has 0 spiro atoms. The average molecular weight is 178 g/mol. The monoisotopic (exact) mass is 178 g/mol. The lowest BCUT2D eigenvalue weighted by molar-refractivity contribution is 0.313. The fraction of sp³-hybridized carbons (Fsp3) is 0.300. The van der Waals surface area contributed by atoms with E-state index in [1.54, 1.807) is 0 Å². The van der Waals surface area contributed by atoms with Crippen LogP contribution in [-0.4, -0.2) is 11.7 Å². The van der Waals surface area contributed by atoms with Crippen LogP contribution in [0.5, 0.6) is 0 Å². The van der Waals surface area contributed by atoms with E-state index < -0.39 is 0 Å². The van der Waals surface area contributed by atoms with Crippen molar-refractivity contribution in [2.75, 3.05) is 6.61 Å². The minimum Gasteiger partial charge on any atom is -0.483 e. The molecule has 2 rings (SSSR count). The zero-order valence-corrected chi connectivity index (χ0v) is 7.56. The molecule has 0 saturated heterocycles. The van der Waals surface area contributed by atoms with Gasteiger partial charge in [0.25, 0.3) is 0 Å². The van der Waals surface area contributed by atoms with E-state index in [1.807, 2.05) is 18.2 Å². The van der Waals surface area contributed by atoms with Crippen LogP contribution in [0.2, 0.25) is 0 Å². The van der Waals surface area contributed by atoms with Crippen molar-refractivity contribution in [2.24, 2.45) is 0 Å². The third-order valence-electron chi connectivity index (χ3n) is 2.06. The average Bonchev–Trinajstić information content (AvgIpc) is 2.29. The molecule has 1 heterocycles. The molecule has 0 saturated carbocycles. The van der Waals surface area contributed by atoms with Gasteiger partial charge in [-0.3, -0.25) is 0 Å². The minimum absolute atomic E-state index is 0.656. The van der Waals surface area contributed by atoms with Gasteiger partial charge >= 0.3 is 0 Å². The van der Waals surface area contributed by atoms with Crippen LogP contribution in [0.3, 0.4) is 0 Å². The molecule has 0 aliphatic carbocycles. The summed E-state index contributed by atoms with van der Waals surface area (Å²) < 4.78 is 5.36. The molecule has 1 aliphatic heterocycles. The first-order valence-corrected chi connectivity index (χ1v) is 4.54. The van der Waals surface area contributed by atoms with Crippen molar-refractivity contribution in [3.63, 3.8) is 0 Å². The fourth-order valence-electron chi connectivity index (χ4n) is 1.44. The molecule has 12 heavy (non-hydrogen) atoms. The van der Waals surface area contributed by atoms with Crippen LogP contribution >= 0.6 is 12.2 Å². The highest BCUT2D eigenvalue weighted by Gasteiger charge is 2.11. The Morgan fingerprint density at radius 3 is 3.00 bits per heavy atom.